The molecule has 1 fully saturated rings. The van der Waals surface area contributed by atoms with Crippen LogP contribution in [0, 0.1) is 0 Å². The fraction of sp³-hybridized carbons (Fsp3) is 0.312. The molecule has 2 heterocycles. The average molecular weight is 269 g/mol. The second kappa shape index (κ2) is 5.51. The smallest absolute Gasteiger partial charge is 0.246 e. The van der Waals surface area contributed by atoms with Gasteiger partial charge in [-0.2, -0.15) is 0 Å². The summed E-state index contributed by atoms with van der Waals surface area (Å²) < 4.78 is 0. The molecule has 4 heteroatoms. The minimum Gasteiger partial charge on any atom is -0.361 e. The third kappa shape index (κ3) is 2.60. The summed E-state index contributed by atoms with van der Waals surface area (Å²) in [7, 11) is 2.09. The molecule has 1 aromatic carbocycles. The van der Waals surface area contributed by atoms with Crippen molar-refractivity contribution in [2.45, 2.75) is 0 Å². The van der Waals surface area contributed by atoms with Gasteiger partial charge >= 0.3 is 0 Å². The zero-order chi connectivity index (χ0) is 13.9. The fourth-order valence-corrected chi connectivity index (χ4v) is 2.53. The summed E-state index contributed by atoms with van der Waals surface area (Å²) in [6.45, 7) is 3.53. The number of hydrogen-bond donors (Lipinski definition) is 1. The molecular weight excluding hydrogens is 250 g/mol. The first-order valence-corrected chi connectivity index (χ1v) is 6.96. The molecule has 0 unspecified atom stereocenters. The van der Waals surface area contributed by atoms with Crippen molar-refractivity contribution in [2.75, 3.05) is 33.2 Å². The number of H-pyrrole nitrogens is 1. The van der Waals surface area contributed by atoms with Crippen molar-refractivity contribution in [1.82, 2.24) is 14.8 Å². The standard InChI is InChI=1S/C16H19N3O/c1-18-8-10-19(11-9-18)16(20)7-6-13-12-17-15-5-3-2-4-14(13)15/h2-7,12,17H,8-11H2,1H3/b7-6+. The Hall–Kier alpha value is -2.07. The van der Waals surface area contributed by atoms with Crippen LogP contribution in [0.4, 0.5) is 0 Å². The monoisotopic (exact) mass is 269 g/mol. The highest BCUT2D eigenvalue weighted by Gasteiger charge is 2.16. The first kappa shape index (κ1) is 12.9. The van der Waals surface area contributed by atoms with Crippen LogP contribution in [0.25, 0.3) is 17.0 Å². The summed E-state index contributed by atoms with van der Waals surface area (Å²) >= 11 is 0. The molecule has 0 atom stereocenters. The predicted molar refractivity (Wildman–Crippen MR) is 81.4 cm³/mol. The topological polar surface area (TPSA) is 39.3 Å². The minimum absolute atomic E-state index is 0.100. The molecule has 3 rings (SSSR count). The summed E-state index contributed by atoms with van der Waals surface area (Å²) in [5.41, 5.74) is 2.15. The van der Waals surface area contributed by atoms with E-state index in [1.54, 1.807) is 6.08 Å². The zero-order valence-corrected chi connectivity index (χ0v) is 11.7. The van der Waals surface area contributed by atoms with E-state index in [2.05, 4.69) is 23.0 Å². The molecule has 1 N–H and O–H groups in total. The van der Waals surface area contributed by atoms with Crippen molar-refractivity contribution in [2.24, 2.45) is 0 Å². The lowest BCUT2D eigenvalue weighted by Crippen LogP contribution is -2.46. The van der Waals surface area contributed by atoms with Gasteiger partial charge in [-0.3, -0.25) is 4.79 Å². The van der Waals surface area contributed by atoms with E-state index in [1.165, 1.54) is 0 Å². The normalized spacial score (nSPS) is 17.1. The predicted octanol–water partition coefficient (Wildman–Crippen LogP) is 1.96. The highest BCUT2D eigenvalue weighted by Crippen LogP contribution is 2.18. The van der Waals surface area contributed by atoms with Crippen LogP contribution in [0.1, 0.15) is 5.56 Å². The van der Waals surface area contributed by atoms with Crippen LogP contribution in [-0.4, -0.2) is 53.9 Å². The average Bonchev–Trinajstić information content (AvgIpc) is 2.89. The maximum absolute atomic E-state index is 12.1. The molecule has 104 valence electrons. The lowest BCUT2D eigenvalue weighted by Gasteiger charge is -2.31. The number of nitrogens with one attached hydrogen (secondary N) is 1. The molecule has 0 radical (unpaired) electrons. The van der Waals surface area contributed by atoms with Gasteiger partial charge in [0.05, 0.1) is 0 Å². The van der Waals surface area contributed by atoms with Crippen molar-refractivity contribution >= 4 is 22.9 Å². The summed E-state index contributed by atoms with van der Waals surface area (Å²) in [5.74, 6) is 0.100. The number of nitrogens with zero attached hydrogens (tertiary/aromatic N) is 2. The number of carbonyl (C=O) groups excluding carboxylic acids is 1. The molecule has 0 spiro atoms. The van der Waals surface area contributed by atoms with Crippen molar-refractivity contribution in [1.29, 1.82) is 0 Å². The van der Waals surface area contributed by atoms with Gasteiger partial charge in [0.15, 0.2) is 0 Å². The first-order chi connectivity index (χ1) is 9.74. The number of aromatic nitrogens is 1. The van der Waals surface area contributed by atoms with E-state index in [1.807, 2.05) is 35.4 Å². The largest absolute Gasteiger partial charge is 0.361 e. The summed E-state index contributed by atoms with van der Waals surface area (Å²) in [5, 5.41) is 1.15. The van der Waals surface area contributed by atoms with E-state index in [-0.39, 0.29) is 5.91 Å². The molecule has 0 aliphatic carbocycles. The second-order valence-corrected chi connectivity index (χ2v) is 5.25. The number of rotatable bonds is 2. The Bertz CT molecular complexity index is 636. The molecule has 4 nitrogen and oxygen atoms in total. The number of amides is 1. The van der Waals surface area contributed by atoms with Crippen LogP contribution >= 0.6 is 0 Å². The zero-order valence-electron chi connectivity index (χ0n) is 11.7. The molecule has 0 bridgehead atoms. The fourth-order valence-electron chi connectivity index (χ4n) is 2.53. The van der Waals surface area contributed by atoms with Gasteiger partial charge in [-0.25, -0.2) is 0 Å². The van der Waals surface area contributed by atoms with Gasteiger partial charge < -0.3 is 14.8 Å². The van der Waals surface area contributed by atoms with Gasteiger partial charge in [0, 0.05) is 49.4 Å². The number of para-hydroxylation sites is 1. The van der Waals surface area contributed by atoms with Crippen molar-refractivity contribution in [3.8, 4) is 0 Å². The van der Waals surface area contributed by atoms with Gasteiger partial charge in [-0.05, 0) is 24.8 Å². The maximum Gasteiger partial charge on any atom is 0.246 e. The van der Waals surface area contributed by atoms with E-state index in [0.717, 1.165) is 42.6 Å². The Kier molecular flexibility index (Phi) is 3.56. The van der Waals surface area contributed by atoms with Crippen LogP contribution in [-0.2, 0) is 4.79 Å². The number of benzene rings is 1. The number of likely N-dealkylation sites (N-methyl/N-ethyl adjacent to an activating group) is 1. The molecule has 0 saturated carbocycles. The molecule has 1 aliphatic rings. The highest BCUT2D eigenvalue weighted by atomic mass is 16.2. The van der Waals surface area contributed by atoms with Gasteiger partial charge in [0.1, 0.15) is 0 Å². The van der Waals surface area contributed by atoms with E-state index >= 15 is 0 Å². The second-order valence-electron chi connectivity index (χ2n) is 5.25. The number of piperazine rings is 1. The quantitative estimate of drug-likeness (QED) is 0.846. The molecule has 1 amide bonds. The Morgan fingerprint density at radius 2 is 1.95 bits per heavy atom. The summed E-state index contributed by atoms with van der Waals surface area (Å²) in [6.07, 6.45) is 5.53. The van der Waals surface area contributed by atoms with Crippen molar-refractivity contribution < 1.29 is 4.79 Å². The van der Waals surface area contributed by atoms with Crippen LogP contribution in [0.5, 0.6) is 0 Å². The molecule has 2 aromatic rings. The summed E-state index contributed by atoms with van der Waals surface area (Å²) in [6, 6.07) is 8.11. The van der Waals surface area contributed by atoms with E-state index < -0.39 is 0 Å². The van der Waals surface area contributed by atoms with E-state index in [9.17, 15) is 4.79 Å². The van der Waals surface area contributed by atoms with E-state index in [0.29, 0.717) is 0 Å². The van der Waals surface area contributed by atoms with Crippen LogP contribution < -0.4 is 0 Å². The Labute approximate surface area is 118 Å². The van der Waals surface area contributed by atoms with Gasteiger partial charge in [0.25, 0.3) is 0 Å². The molecule has 1 aliphatic heterocycles. The van der Waals surface area contributed by atoms with Crippen molar-refractivity contribution in [3.05, 3.63) is 42.1 Å². The number of hydrogen-bond acceptors (Lipinski definition) is 2. The lowest BCUT2D eigenvalue weighted by atomic mass is 10.1. The first-order valence-electron chi connectivity index (χ1n) is 6.96. The van der Waals surface area contributed by atoms with Gasteiger partial charge in [0.2, 0.25) is 5.91 Å². The van der Waals surface area contributed by atoms with Gasteiger partial charge in [-0.1, -0.05) is 18.2 Å². The Morgan fingerprint density at radius 1 is 1.20 bits per heavy atom. The molecule has 1 saturated heterocycles. The van der Waals surface area contributed by atoms with Crippen LogP contribution in [0.15, 0.2) is 36.5 Å². The van der Waals surface area contributed by atoms with Crippen molar-refractivity contribution in [3.63, 3.8) is 0 Å². The number of carbonyl (C=O) groups is 1. The lowest BCUT2D eigenvalue weighted by molar-refractivity contribution is -0.127. The molecule has 1 aromatic heterocycles. The molecular formula is C16H19N3O. The number of fused-ring (bicyclic) bond motifs is 1. The third-order valence-corrected chi connectivity index (χ3v) is 3.84. The van der Waals surface area contributed by atoms with E-state index in [4.69, 9.17) is 0 Å². The number of aromatic amines is 1. The Morgan fingerprint density at radius 3 is 2.75 bits per heavy atom. The summed E-state index contributed by atoms with van der Waals surface area (Å²) in [4.78, 5) is 19.5. The third-order valence-electron chi connectivity index (χ3n) is 3.84. The maximum atomic E-state index is 12.1. The SMILES string of the molecule is CN1CCN(C(=O)/C=C/c2c[nH]c3ccccc23)CC1. The highest BCUT2D eigenvalue weighted by molar-refractivity contribution is 5.96. The van der Waals surface area contributed by atoms with Crippen LogP contribution in [0.2, 0.25) is 0 Å². The Balaban J connectivity index is 1.72. The molecule has 20 heavy (non-hydrogen) atoms. The minimum atomic E-state index is 0.100. The van der Waals surface area contributed by atoms with Gasteiger partial charge in [-0.15, -0.1) is 0 Å². The van der Waals surface area contributed by atoms with Crippen LogP contribution in [0.3, 0.4) is 0 Å².